The van der Waals surface area contributed by atoms with Crippen LogP contribution in [0.15, 0.2) is 18.2 Å². The molecule has 0 aliphatic heterocycles. The lowest BCUT2D eigenvalue weighted by molar-refractivity contribution is 0.192. The summed E-state index contributed by atoms with van der Waals surface area (Å²) in [5, 5.41) is 0. The Hall–Kier alpha value is -1.02. The van der Waals surface area contributed by atoms with Crippen molar-refractivity contribution < 1.29 is 4.74 Å². The highest BCUT2D eigenvalue weighted by Gasteiger charge is 2.19. The Kier molecular flexibility index (Phi) is 3.49. The van der Waals surface area contributed by atoms with E-state index in [1.807, 2.05) is 0 Å². The molecule has 1 aromatic carbocycles. The number of hydrogen-bond donors (Lipinski definition) is 1. The Morgan fingerprint density at radius 1 is 1.38 bits per heavy atom. The summed E-state index contributed by atoms with van der Waals surface area (Å²) in [7, 11) is 0. The molecule has 0 aromatic heterocycles. The summed E-state index contributed by atoms with van der Waals surface area (Å²) in [6.07, 6.45) is 4.63. The van der Waals surface area contributed by atoms with E-state index >= 15 is 0 Å². The molecule has 88 valence electrons. The molecule has 0 saturated carbocycles. The summed E-state index contributed by atoms with van der Waals surface area (Å²) in [5.74, 6) is 1.00. The fraction of sp³-hybridized carbons (Fsp3) is 0.571. The number of nitrogens with two attached hydrogens (primary N) is 1. The van der Waals surface area contributed by atoms with Crippen LogP contribution in [0.3, 0.4) is 0 Å². The average Bonchev–Trinajstić information content (AvgIpc) is 2.68. The van der Waals surface area contributed by atoms with E-state index in [-0.39, 0.29) is 6.04 Å². The van der Waals surface area contributed by atoms with Gasteiger partial charge in [0.1, 0.15) is 5.75 Å². The predicted octanol–water partition coefficient (Wildman–Crippen LogP) is 3.20. The van der Waals surface area contributed by atoms with Gasteiger partial charge in [-0.15, -0.1) is 0 Å². The van der Waals surface area contributed by atoms with Gasteiger partial charge in [-0.3, -0.25) is 0 Å². The van der Waals surface area contributed by atoms with Gasteiger partial charge in [-0.05, 0) is 48.9 Å². The Balaban J connectivity index is 2.13. The maximum absolute atomic E-state index is 6.01. The van der Waals surface area contributed by atoms with Crippen LogP contribution in [0, 0.1) is 0 Å². The lowest BCUT2D eigenvalue weighted by atomic mass is 10.1. The standard InChI is InChI=1S/C14H21NO/c1-3-11(4-2)16-12-6-7-13-10(9-12)5-8-14(13)15/h6-7,9,11,14H,3-5,8,15H2,1-2H3. The van der Waals surface area contributed by atoms with Gasteiger partial charge in [-0.2, -0.15) is 0 Å². The minimum absolute atomic E-state index is 0.234. The van der Waals surface area contributed by atoms with Crippen molar-refractivity contribution in [1.29, 1.82) is 0 Å². The molecule has 1 unspecified atom stereocenters. The van der Waals surface area contributed by atoms with Gasteiger partial charge in [-0.1, -0.05) is 19.9 Å². The molecule has 2 N–H and O–H groups in total. The van der Waals surface area contributed by atoms with Gasteiger partial charge >= 0.3 is 0 Å². The third-order valence-electron chi connectivity index (χ3n) is 3.45. The van der Waals surface area contributed by atoms with Crippen LogP contribution in [0.4, 0.5) is 0 Å². The van der Waals surface area contributed by atoms with Crippen LogP contribution in [-0.4, -0.2) is 6.10 Å². The van der Waals surface area contributed by atoms with Crippen LogP contribution >= 0.6 is 0 Å². The second kappa shape index (κ2) is 4.88. The molecule has 2 heteroatoms. The third kappa shape index (κ3) is 2.22. The van der Waals surface area contributed by atoms with E-state index in [4.69, 9.17) is 10.5 Å². The second-order valence-electron chi connectivity index (χ2n) is 4.56. The molecular weight excluding hydrogens is 198 g/mol. The van der Waals surface area contributed by atoms with E-state index in [0.717, 1.165) is 31.4 Å². The van der Waals surface area contributed by atoms with E-state index in [1.54, 1.807) is 0 Å². The summed E-state index contributed by atoms with van der Waals surface area (Å²) in [4.78, 5) is 0. The quantitative estimate of drug-likeness (QED) is 0.844. The minimum Gasteiger partial charge on any atom is -0.490 e. The van der Waals surface area contributed by atoms with Gasteiger partial charge in [0.2, 0.25) is 0 Å². The Bertz CT molecular complexity index is 358. The van der Waals surface area contributed by atoms with Crippen molar-refractivity contribution in [2.45, 2.75) is 51.7 Å². The molecular formula is C14H21NO. The highest BCUT2D eigenvalue weighted by molar-refractivity contribution is 5.40. The topological polar surface area (TPSA) is 35.2 Å². The van der Waals surface area contributed by atoms with Crippen molar-refractivity contribution in [3.8, 4) is 5.75 Å². The molecule has 16 heavy (non-hydrogen) atoms. The van der Waals surface area contributed by atoms with Crippen LogP contribution in [0.1, 0.15) is 50.3 Å². The maximum Gasteiger partial charge on any atom is 0.120 e. The van der Waals surface area contributed by atoms with Gasteiger partial charge in [0.25, 0.3) is 0 Å². The maximum atomic E-state index is 6.01. The zero-order valence-corrected chi connectivity index (χ0v) is 10.2. The number of ether oxygens (including phenoxy) is 1. The number of fused-ring (bicyclic) bond motifs is 1. The summed E-state index contributed by atoms with van der Waals surface area (Å²) < 4.78 is 5.93. The van der Waals surface area contributed by atoms with Crippen LogP contribution < -0.4 is 10.5 Å². The van der Waals surface area contributed by atoms with E-state index in [1.165, 1.54) is 11.1 Å². The summed E-state index contributed by atoms with van der Waals surface area (Å²) in [6, 6.07) is 6.59. The van der Waals surface area contributed by atoms with Crippen LogP contribution in [0.5, 0.6) is 5.75 Å². The van der Waals surface area contributed by atoms with Crippen molar-refractivity contribution in [3.63, 3.8) is 0 Å². The first-order chi connectivity index (χ1) is 7.74. The molecule has 0 amide bonds. The van der Waals surface area contributed by atoms with Gasteiger partial charge in [0, 0.05) is 6.04 Å². The van der Waals surface area contributed by atoms with Gasteiger partial charge in [0.15, 0.2) is 0 Å². The van der Waals surface area contributed by atoms with E-state index < -0.39 is 0 Å². The zero-order chi connectivity index (χ0) is 11.5. The largest absolute Gasteiger partial charge is 0.490 e. The van der Waals surface area contributed by atoms with Crippen molar-refractivity contribution in [1.82, 2.24) is 0 Å². The molecule has 1 aromatic rings. The molecule has 0 bridgehead atoms. The Morgan fingerprint density at radius 3 is 2.81 bits per heavy atom. The van der Waals surface area contributed by atoms with Gasteiger partial charge in [0.05, 0.1) is 6.10 Å². The monoisotopic (exact) mass is 219 g/mol. The molecule has 2 rings (SSSR count). The summed E-state index contributed by atoms with van der Waals surface area (Å²) >= 11 is 0. The highest BCUT2D eigenvalue weighted by atomic mass is 16.5. The lowest BCUT2D eigenvalue weighted by Gasteiger charge is -2.16. The van der Waals surface area contributed by atoms with Crippen LogP contribution in [-0.2, 0) is 6.42 Å². The molecule has 1 aliphatic carbocycles. The van der Waals surface area contributed by atoms with Crippen molar-refractivity contribution in [2.24, 2.45) is 5.73 Å². The fourth-order valence-corrected chi connectivity index (χ4v) is 2.35. The summed E-state index contributed by atoms with van der Waals surface area (Å²) in [6.45, 7) is 4.33. The first kappa shape index (κ1) is 11.5. The molecule has 1 atom stereocenters. The first-order valence-electron chi connectivity index (χ1n) is 6.29. The minimum atomic E-state index is 0.234. The van der Waals surface area contributed by atoms with Crippen LogP contribution in [0.25, 0.3) is 0 Å². The lowest BCUT2D eigenvalue weighted by Crippen LogP contribution is -2.13. The molecule has 0 heterocycles. The van der Waals surface area contributed by atoms with Crippen molar-refractivity contribution in [3.05, 3.63) is 29.3 Å². The fourth-order valence-electron chi connectivity index (χ4n) is 2.35. The zero-order valence-electron chi connectivity index (χ0n) is 10.2. The first-order valence-corrected chi connectivity index (χ1v) is 6.29. The molecule has 0 saturated heterocycles. The Morgan fingerprint density at radius 2 is 2.12 bits per heavy atom. The SMILES string of the molecule is CCC(CC)Oc1ccc2c(c1)CCC2N. The second-order valence-corrected chi connectivity index (χ2v) is 4.56. The van der Waals surface area contributed by atoms with Gasteiger partial charge < -0.3 is 10.5 Å². The average molecular weight is 219 g/mol. The van der Waals surface area contributed by atoms with E-state index in [2.05, 4.69) is 32.0 Å². The molecule has 0 spiro atoms. The number of hydrogen-bond acceptors (Lipinski definition) is 2. The van der Waals surface area contributed by atoms with Gasteiger partial charge in [-0.25, -0.2) is 0 Å². The van der Waals surface area contributed by atoms with E-state index in [9.17, 15) is 0 Å². The number of benzene rings is 1. The molecule has 0 radical (unpaired) electrons. The highest BCUT2D eigenvalue weighted by Crippen LogP contribution is 2.32. The predicted molar refractivity (Wildman–Crippen MR) is 66.7 cm³/mol. The van der Waals surface area contributed by atoms with E-state index in [0.29, 0.717) is 6.10 Å². The van der Waals surface area contributed by atoms with Crippen molar-refractivity contribution in [2.75, 3.05) is 0 Å². The number of rotatable bonds is 4. The molecule has 1 aliphatic rings. The molecule has 2 nitrogen and oxygen atoms in total. The number of aryl methyl sites for hydroxylation is 1. The van der Waals surface area contributed by atoms with Crippen molar-refractivity contribution >= 4 is 0 Å². The normalized spacial score (nSPS) is 18.9. The third-order valence-corrected chi connectivity index (χ3v) is 3.45. The van der Waals surface area contributed by atoms with Crippen LogP contribution in [0.2, 0.25) is 0 Å². The Labute approximate surface area is 97.8 Å². The smallest absolute Gasteiger partial charge is 0.120 e. The summed E-state index contributed by atoms with van der Waals surface area (Å²) in [5.41, 5.74) is 8.68. The molecule has 0 fully saturated rings.